The van der Waals surface area contributed by atoms with Crippen LogP contribution in [0, 0.1) is 32.1 Å². The van der Waals surface area contributed by atoms with Gasteiger partial charge in [0.15, 0.2) is 5.78 Å². The number of ketones is 1. The van der Waals surface area contributed by atoms with Crippen molar-refractivity contribution in [3.63, 3.8) is 0 Å². The van der Waals surface area contributed by atoms with Gasteiger partial charge in [0.25, 0.3) is 0 Å². The minimum Gasteiger partial charge on any atom is -0.334 e. The topological polar surface area (TPSA) is 22.0 Å². The number of aromatic nitrogens is 1. The molecule has 0 amide bonds. The zero-order valence-electron chi connectivity index (χ0n) is 11.6. The molecule has 0 aliphatic carbocycles. The summed E-state index contributed by atoms with van der Waals surface area (Å²) in [6.45, 7) is 9.74. The molecule has 18 heavy (non-hydrogen) atoms. The number of carbonyl (C=O) groups is 1. The van der Waals surface area contributed by atoms with E-state index in [1.165, 1.54) is 0 Å². The van der Waals surface area contributed by atoms with Crippen LogP contribution in [0.15, 0.2) is 6.07 Å². The van der Waals surface area contributed by atoms with Gasteiger partial charge in [-0.15, -0.1) is 18.0 Å². The SMILES string of the molecule is C#CC(C(C)C)n1c(C)cc(C(=O)C(C)Cl)c1C. The molecule has 0 spiro atoms. The summed E-state index contributed by atoms with van der Waals surface area (Å²) < 4.78 is 2.05. The van der Waals surface area contributed by atoms with Crippen LogP contribution < -0.4 is 0 Å². The van der Waals surface area contributed by atoms with Crippen molar-refractivity contribution in [2.75, 3.05) is 0 Å². The lowest BCUT2D eigenvalue weighted by atomic mass is 10.0. The third kappa shape index (κ3) is 2.62. The highest BCUT2D eigenvalue weighted by molar-refractivity contribution is 6.33. The first-order valence-electron chi connectivity index (χ1n) is 6.14. The van der Waals surface area contributed by atoms with Gasteiger partial charge in [0.05, 0.1) is 11.4 Å². The quantitative estimate of drug-likeness (QED) is 0.462. The number of alkyl halides is 1. The van der Waals surface area contributed by atoms with Crippen molar-refractivity contribution in [2.45, 2.75) is 46.0 Å². The number of halogens is 1. The van der Waals surface area contributed by atoms with E-state index in [2.05, 4.69) is 24.3 Å². The summed E-state index contributed by atoms with van der Waals surface area (Å²) in [4.78, 5) is 12.0. The average molecular weight is 266 g/mol. The van der Waals surface area contributed by atoms with E-state index < -0.39 is 5.38 Å². The summed E-state index contributed by atoms with van der Waals surface area (Å²) in [5.41, 5.74) is 2.59. The molecule has 0 radical (unpaired) electrons. The van der Waals surface area contributed by atoms with Crippen LogP contribution in [-0.2, 0) is 0 Å². The van der Waals surface area contributed by atoms with Gasteiger partial charge in [-0.1, -0.05) is 19.8 Å². The number of carbonyl (C=O) groups excluding carboxylic acids is 1. The van der Waals surface area contributed by atoms with Gasteiger partial charge in [-0.3, -0.25) is 4.79 Å². The molecule has 2 atom stereocenters. The van der Waals surface area contributed by atoms with E-state index >= 15 is 0 Å². The molecule has 98 valence electrons. The van der Waals surface area contributed by atoms with Crippen LogP contribution in [0.3, 0.4) is 0 Å². The Balaban J connectivity index is 3.33. The summed E-state index contributed by atoms with van der Waals surface area (Å²) in [5, 5.41) is -0.512. The van der Waals surface area contributed by atoms with Gasteiger partial charge in [0, 0.05) is 17.0 Å². The van der Waals surface area contributed by atoms with Crippen LogP contribution in [0.25, 0.3) is 0 Å². The van der Waals surface area contributed by atoms with E-state index in [9.17, 15) is 4.79 Å². The van der Waals surface area contributed by atoms with Crippen LogP contribution in [0.2, 0.25) is 0 Å². The fourth-order valence-corrected chi connectivity index (χ4v) is 2.35. The van der Waals surface area contributed by atoms with Crippen molar-refractivity contribution in [2.24, 2.45) is 5.92 Å². The lowest BCUT2D eigenvalue weighted by Crippen LogP contribution is -2.17. The molecule has 0 fully saturated rings. The maximum atomic E-state index is 12.0. The number of nitrogens with zero attached hydrogens (tertiary/aromatic N) is 1. The second kappa shape index (κ2) is 5.63. The van der Waals surface area contributed by atoms with Crippen molar-refractivity contribution in [1.29, 1.82) is 0 Å². The second-order valence-electron chi connectivity index (χ2n) is 4.99. The predicted octanol–water partition coefficient (Wildman–Crippen LogP) is 3.75. The fourth-order valence-electron chi connectivity index (χ4n) is 2.23. The Kier molecular flexibility index (Phi) is 4.65. The standard InChI is InChI=1S/C15H20ClNO/c1-7-14(9(2)3)17-10(4)8-13(12(17)6)15(18)11(5)16/h1,8-9,11,14H,2-6H3. The summed E-state index contributed by atoms with van der Waals surface area (Å²) in [6, 6.07) is 1.85. The molecule has 0 saturated carbocycles. The molecule has 1 aromatic heterocycles. The molecule has 0 aromatic carbocycles. The van der Waals surface area contributed by atoms with Crippen molar-refractivity contribution >= 4 is 17.4 Å². The molecule has 3 heteroatoms. The monoisotopic (exact) mass is 265 g/mol. The molecule has 2 unspecified atom stereocenters. The highest BCUT2D eigenvalue weighted by Crippen LogP contribution is 2.26. The summed E-state index contributed by atoms with van der Waals surface area (Å²) in [5.74, 6) is 3.07. The average Bonchev–Trinajstić information content (AvgIpc) is 2.56. The minimum absolute atomic E-state index is 0.0304. The Morgan fingerprint density at radius 1 is 1.39 bits per heavy atom. The molecule has 1 rings (SSSR count). The van der Waals surface area contributed by atoms with Crippen LogP contribution >= 0.6 is 11.6 Å². The van der Waals surface area contributed by atoms with Gasteiger partial charge in [0.2, 0.25) is 0 Å². The van der Waals surface area contributed by atoms with Gasteiger partial charge in [-0.2, -0.15) is 0 Å². The molecule has 1 heterocycles. The molecular weight excluding hydrogens is 246 g/mol. The number of aryl methyl sites for hydroxylation is 1. The van der Waals surface area contributed by atoms with Crippen molar-refractivity contribution in [3.05, 3.63) is 23.0 Å². The largest absolute Gasteiger partial charge is 0.334 e. The molecule has 0 saturated heterocycles. The van der Waals surface area contributed by atoms with Crippen LogP contribution in [0.5, 0.6) is 0 Å². The molecule has 1 aromatic rings. The van der Waals surface area contributed by atoms with Crippen LogP contribution in [0.4, 0.5) is 0 Å². The second-order valence-corrected chi connectivity index (χ2v) is 5.65. The molecule has 2 nitrogen and oxygen atoms in total. The number of Topliss-reactive ketones (excluding diaryl/α,β-unsaturated/α-hetero) is 1. The highest BCUT2D eigenvalue weighted by Gasteiger charge is 2.23. The maximum absolute atomic E-state index is 12.0. The molecule has 0 bridgehead atoms. The number of hydrogen-bond donors (Lipinski definition) is 0. The normalized spacial score (nSPS) is 14.3. The van der Waals surface area contributed by atoms with Gasteiger partial charge in [-0.05, 0) is 32.8 Å². The van der Waals surface area contributed by atoms with Crippen molar-refractivity contribution in [1.82, 2.24) is 4.57 Å². The Morgan fingerprint density at radius 2 is 1.94 bits per heavy atom. The van der Waals surface area contributed by atoms with Gasteiger partial charge in [-0.25, -0.2) is 0 Å². The first kappa shape index (κ1) is 14.9. The summed E-state index contributed by atoms with van der Waals surface area (Å²) in [7, 11) is 0. The third-order valence-electron chi connectivity index (χ3n) is 3.19. The van der Waals surface area contributed by atoms with Gasteiger partial charge >= 0.3 is 0 Å². The Bertz CT molecular complexity index is 491. The van der Waals surface area contributed by atoms with Crippen LogP contribution in [0.1, 0.15) is 48.6 Å². The molecule has 0 aliphatic heterocycles. The van der Waals surface area contributed by atoms with E-state index in [1.54, 1.807) is 6.92 Å². The smallest absolute Gasteiger partial charge is 0.182 e. The van der Waals surface area contributed by atoms with Gasteiger partial charge < -0.3 is 4.57 Å². The van der Waals surface area contributed by atoms with Crippen LogP contribution in [-0.4, -0.2) is 15.7 Å². The first-order chi connectivity index (χ1) is 8.31. The first-order valence-corrected chi connectivity index (χ1v) is 6.57. The zero-order chi connectivity index (χ0) is 14.0. The Hall–Kier alpha value is -1.20. The molecule has 0 aliphatic rings. The lowest BCUT2D eigenvalue weighted by Gasteiger charge is -2.21. The summed E-state index contributed by atoms with van der Waals surface area (Å²) >= 11 is 5.87. The van der Waals surface area contributed by atoms with Crippen molar-refractivity contribution in [3.8, 4) is 12.3 Å². The van der Waals surface area contributed by atoms with E-state index in [0.29, 0.717) is 11.5 Å². The Morgan fingerprint density at radius 3 is 2.33 bits per heavy atom. The molecular formula is C15H20ClNO. The fraction of sp³-hybridized carbons (Fsp3) is 0.533. The van der Waals surface area contributed by atoms with E-state index in [1.807, 2.05) is 19.9 Å². The third-order valence-corrected chi connectivity index (χ3v) is 3.39. The highest BCUT2D eigenvalue weighted by atomic mass is 35.5. The van der Waals surface area contributed by atoms with E-state index in [4.69, 9.17) is 18.0 Å². The maximum Gasteiger partial charge on any atom is 0.182 e. The van der Waals surface area contributed by atoms with Crippen molar-refractivity contribution < 1.29 is 4.79 Å². The Labute approximate surface area is 114 Å². The molecule has 0 N–H and O–H groups in total. The van der Waals surface area contributed by atoms with Gasteiger partial charge in [0.1, 0.15) is 0 Å². The zero-order valence-corrected chi connectivity index (χ0v) is 12.4. The predicted molar refractivity (Wildman–Crippen MR) is 76.3 cm³/mol. The number of hydrogen-bond acceptors (Lipinski definition) is 1. The summed E-state index contributed by atoms with van der Waals surface area (Å²) in [6.07, 6.45) is 5.61. The number of terminal acetylenes is 1. The number of rotatable bonds is 4. The lowest BCUT2D eigenvalue weighted by molar-refractivity contribution is 0.0991. The van der Waals surface area contributed by atoms with E-state index in [-0.39, 0.29) is 11.8 Å². The minimum atomic E-state index is -0.512. The van der Waals surface area contributed by atoms with E-state index in [0.717, 1.165) is 11.4 Å².